The van der Waals surface area contributed by atoms with Crippen molar-refractivity contribution in [2.45, 2.75) is 32.2 Å². The zero-order valence-corrected chi connectivity index (χ0v) is 17.1. The van der Waals surface area contributed by atoms with Crippen molar-refractivity contribution in [3.05, 3.63) is 64.4 Å². The van der Waals surface area contributed by atoms with E-state index >= 15 is 0 Å². The predicted octanol–water partition coefficient (Wildman–Crippen LogP) is 4.36. The number of ether oxygens (including phenoxy) is 1. The van der Waals surface area contributed by atoms with Crippen LogP contribution in [0.5, 0.6) is 5.75 Å². The van der Waals surface area contributed by atoms with Gasteiger partial charge in [0.1, 0.15) is 11.5 Å². The number of benzene rings is 1. The van der Waals surface area contributed by atoms with E-state index in [2.05, 4.69) is 11.9 Å². The molecule has 1 fully saturated rings. The minimum absolute atomic E-state index is 0.0262. The van der Waals surface area contributed by atoms with Crippen LogP contribution in [0.25, 0.3) is 5.76 Å². The highest BCUT2D eigenvalue weighted by molar-refractivity contribution is 6.46. The molecule has 1 aliphatic heterocycles. The number of hydrogen-bond donors (Lipinski definition) is 1. The van der Waals surface area contributed by atoms with Gasteiger partial charge >= 0.3 is 0 Å². The van der Waals surface area contributed by atoms with E-state index < -0.39 is 17.7 Å². The number of nitrogens with zero attached hydrogens (tertiary/aromatic N) is 2. The fourth-order valence-corrected chi connectivity index (χ4v) is 3.72. The van der Waals surface area contributed by atoms with Gasteiger partial charge in [-0.1, -0.05) is 31.4 Å². The highest BCUT2D eigenvalue weighted by atomic mass is 35.5. The van der Waals surface area contributed by atoms with Crippen LogP contribution >= 0.6 is 11.6 Å². The van der Waals surface area contributed by atoms with Crippen LogP contribution in [0.2, 0.25) is 5.02 Å². The van der Waals surface area contributed by atoms with Gasteiger partial charge in [0.15, 0.2) is 0 Å². The average Bonchev–Trinajstić information content (AvgIpc) is 2.99. The molecule has 1 amide bonds. The molecule has 1 aromatic heterocycles. The van der Waals surface area contributed by atoms with Gasteiger partial charge in [-0.25, -0.2) is 0 Å². The van der Waals surface area contributed by atoms with E-state index in [1.165, 1.54) is 18.1 Å². The van der Waals surface area contributed by atoms with Crippen LogP contribution in [0.1, 0.15) is 43.4 Å². The summed E-state index contributed by atoms with van der Waals surface area (Å²) in [6.45, 7) is 2.49. The molecule has 0 radical (unpaired) electrons. The summed E-state index contributed by atoms with van der Waals surface area (Å²) in [5.74, 6) is -1.28. The summed E-state index contributed by atoms with van der Waals surface area (Å²) in [7, 11) is 1.46. The van der Waals surface area contributed by atoms with Crippen molar-refractivity contribution in [1.29, 1.82) is 0 Å². The molecule has 2 aromatic rings. The summed E-state index contributed by atoms with van der Waals surface area (Å²) in [4.78, 5) is 31.3. The number of carbonyl (C=O) groups is 2. The van der Waals surface area contributed by atoms with Gasteiger partial charge < -0.3 is 14.7 Å². The highest BCUT2D eigenvalue weighted by Gasteiger charge is 2.46. The van der Waals surface area contributed by atoms with Crippen molar-refractivity contribution in [3.8, 4) is 5.75 Å². The van der Waals surface area contributed by atoms with Crippen molar-refractivity contribution in [1.82, 2.24) is 9.88 Å². The number of carbonyl (C=O) groups excluding carboxylic acids is 2. The maximum atomic E-state index is 12.9. The second kappa shape index (κ2) is 9.09. The molecule has 29 heavy (non-hydrogen) atoms. The number of ketones is 1. The van der Waals surface area contributed by atoms with Crippen molar-refractivity contribution in [3.63, 3.8) is 0 Å². The topological polar surface area (TPSA) is 79.7 Å². The molecular weight excluding hydrogens is 392 g/mol. The number of unbranched alkanes of at least 4 members (excludes halogenated alkanes) is 2. The molecule has 1 atom stereocenters. The van der Waals surface area contributed by atoms with Gasteiger partial charge in [0.05, 0.1) is 24.3 Å². The summed E-state index contributed by atoms with van der Waals surface area (Å²) >= 11 is 6.10. The molecule has 1 aliphatic rings. The molecule has 0 spiro atoms. The van der Waals surface area contributed by atoms with Gasteiger partial charge in [-0.05, 0) is 42.3 Å². The van der Waals surface area contributed by atoms with E-state index in [4.69, 9.17) is 16.3 Å². The molecule has 152 valence electrons. The number of likely N-dealkylation sites (tertiary alicyclic amines) is 1. The lowest BCUT2D eigenvalue weighted by molar-refractivity contribution is -0.139. The summed E-state index contributed by atoms with van der Waals surface area (Å²) in [5, 5.41) is 11.5. The third kappa shape index (κ3) is 4.12. The van der Waals surface area contributed by atoms with Crippen LogP contribution in [-0.4, -0.2) is 40.3 Å². The van der Waals surface area contributed by atoms with E-state index in [1.807, 2.05) is 0 Å². The lowest BCUT2D eigenvalue weighted by atomic mass is 9.95. The highest BCUT2D eigenvalue weighted by Crippen LogP contribution is 2.41. The number of aliphatic hydroxyl groups excluding tert-OH is 1. The Morgan fingerprint density at radius 1 is 1.21 bits per heavy atom. The molecule has 1 unspecified atom stereocenters. The molecule has 1 N–H and O–H groups in total. The van der Waals surface area contributed by atoms with Crippen LogP contribution in [0.15, 0.2) is 48.3 Å². The zero-order chi connectivity index (χ0) is 21.0. The van der Waals surface area contributed by atoms with Crippen molar-refractivity contribution in [2.75, 3.05) is 13.7 Å². The minimum atomic E-state index is -0.720. The van der Waals surface area contributed by atoms with Gasteiger partial charge in [-0.3, -0.25) is 14.6 Å². The molecule has 0 bridgehead atoms. The van der Waals surface area contributed by atoms with E-state index in [1.54, 1.807) is 36.7 Å². The van der Waals surface area contributed by atoms with E-state index in [0.29, 0.717) is 22.9 Å². The molecule has 0 saturated carbocycles. The van der Waals surface area contributed by atoms with E-state index in [9.17, 15) is 14.7 Å². The Hall–Kier alpha value is -2.86. The van der Waals surface area contributed by atoms with Crippen LogP contribution in [0.3, 0.4) is 0 Å². The fourth-order valence-electron chi connectivity index (χ4n) is 3.55. The number of rotatable bonds is 7. The molecule has 3 rings (SSSR count). The number of methoxy groups -OCH3 is 1. The summed E-state index contributed by atoms with van der Waals surface area (Å²) < 4.78 is 5.32. The van der Waals surface area contributed by atoms with Crippen molar-refractivity contribution >= 4 is 29.1 Å². The van der Waals surface area contributed by atoms with Crippen LogP contribution in [0, 0.1) is 0 Å². The molecule has 2 heterocycles. The molecule has 7 heteroatoms. The molecule has 6 nitrogen and oxygen atoms in total. The fraction of sp³-hybridized carbons (Fsp3) is 0.318. The summed E-state index contributed by atoms with van der Waals surface area (Å²) in [6, 6.07) is 7.54. The average molecular weight is 415 g/mol. The zero-order valence-electron chi connectivity index (χ0n) is 16.4. The second-order valence-corrected chi connectivity index (χ2v) is 7.26. The Morgan fingerprint density at radius 3 is 2.59 bits per heavy atom. The maximum absolute atomic E-state index is 12.9. The quantitative estimate of drug-likeness (QED) is 0.315. The van der Waals surface area contributed by atoms with Crippen molar-refractivity contribution < 1.29 is 19.4 Å². The minimum Gasteiger partial charge on any atom is -0.507 e. The predicted molar refractivity (Wildman–Crippen MR) is 111 cm³/mol. The first-order valence-electron chi connectivity index (χ1n) is 9.51. The van der Waals surface area contributed by atoms with Gasteiger partial charge in [0.25, 0.3) is 11.7 Å². The number of pyridine rings is 1. The number of amides is 1. The number of halogens is 1. The third-order valence-electron chi connectivity index (χ3n) is 4.98. The first-order valence-corrected chi connectivity index (χ1v) is 9.89. The number of aliphatic hydroxyl groups is 1. The normalized spacial score (nSPS) is 18.3. The smallest absolute Gasteiger partial charge is 0.295 e. The Labute approximate surface area is 174 Å². The first-order chi connectivity index (χ1) is 14.0. The van der Waals surface area contributed by atoms with Gasteiger partial charge in [-0.15, -0.1) is 0 Å². The SMILES string of the molecule is CCCCCN1C(=O)C(=O)/C(=C(/O)c2cc(Cl)ccc2OC)C1c1ccncc1. The van der Waals surface area contributed by atoms with E-state index in [0.717, 1.165) is 19.3 Å². The number of aromatic nitrogens is 1. The summed E-state index contributed by atoms with van der Waals surface area (Å²) in [6.07, 6.45) is 5.90. The van der Waals surface area contributed by atoms with E-state index in [-0.39, 0.29) is 16.9 Å². The Balaban J connectivity index is 2.16. The number of Topliss-reactive ketones (excluding diaryl/α,β-unsaturated/α-hetero) is 1. The van der Waals surface area contributed by atoms with Crippen LogP contribution in [0.4, 0.5) is 0 Å². The largest absolute Gasteiger partial charge is 0.507 e. The summed E-state index contributed by atoms with van der Waals surface area (Å²) in [5.41, 5.74) is 1.00. The van der Waals surface area contributed by atoms with Crippen LogP contribution in [-0.2, 0) is 9.59 Å². The van der Waals surface area contributed by atoms with Crippen LogP contribution < -0.4 is 4.74 Å². The maximum Gasteiger partial charge on any atom is 0.295 e. The molecular formula is C22H23ClN2O4. The Bertz CT molecular complexity index is 943. The molecule has 0 aliphatic carbocycles. The van der Waals surface area contributed by atoms with Gasteiger partial charge in [-0.2, -0.15) is 0 Å². The number of hydrogen-bond acceptors (Lipinski definition) is 5. The second-order valence-electron chi connectivity index (χ2n) is 6.82. The molecule has 1 saturated heterocycles. The Morgan fingerprint density at radius 2 is 1.93 bits per heavy atom. The standard InChI is InChI=1S/C22H23ClN2O4/c1-3-4-5-12-25-19(14-8-10-24-11-9-14)18(21(27)22(25)28)20(26)16-13-15(23)6-7-17(16)29-2/h6-11,13,19,26H,3-5,12H2,1-2H3/b20-18+. The lowest BCUT2D eigenvalue weighted by Gasteiger charge is -2.25. The van der Waals surface area contributed by atoms with Gasteiger partial charge in [0.2, 0.25) is 0 Å². The lowest BCUT2D eigenvalue weighted by Crippen LogP contribution is -2.30. The third-order valence-corrected chi connectivity index (χ3v) is 5.22. The monoisotopic (exact) mass is 414 g/mol. The first kappa shape index (κ1) is 20.9. The molecule has 1 aromatic carbocycles. The van der Waals surface area contributed by atoms with Gasteiger partial charge in [0, 0.05) is 24.0 Å². The Kier molecular flexibility index (Phi) is 6.54. The van der Waals surface area contributed by atoms with Crippen molar-refractivity contribution in [2.24, 2.45) is 0 Å².